The van der Waals surface area contributed by atoms with Crippen molar-refractivity contribution < 1.29 is 4.79 Å². The molecule has 1 N–H and O–H groups in total. The Morgan fingerprint density at radius 2 is 1.48 bits per heavy atom. The number of halogens is 1. The number of benzene rings is 3. The molecule has 1 heterocycles. The highest BCUT2D eigenvalue weighted by Gasteiger charge is 2.19. The minimum absolute atomic E-state index is 0.0985. The second kappa shape index (κ2) is 8.36. The van der Waals surface area contributed by atoms with Gasteiger partial charge < -0.3 is 5.32 Å². The summed E-state index contributed by atoms with van der Waals surface area (Å²) in [6, 6.07) is 19.2. The van der Waals surface area contributed by atoms with E-state index in [1.807, 2.05) is 69.3 Å². The number of hydrogen-bond acceptors (Lipinski definition) is 3. The van der Waals surface area contributed by atoms with Crippen molar-refractivity contribution in [2.45, 2.75) is 27.7 Å². The number of nitrogens with zero attached hydrogens (tertiary/aromatic N) is 3. The zero-order valence-electron chi connectivity index (χ0n) is 17.9. The van der Waals surface area contributed by atoms with Gasteiger partial charge in [-0.25, -0.2) is 9.67 Å². The van der Waals surface area contributed by atoms with E-state index in [0.29, 0.717) is 16.5 Å². The Morgan fingerprint density at radius 3 is 2.13 bits per heavy atom. The highest BCUT2D eigenvalue weighted by molar-refractivity contribution is 6.30. The van der Waals surface area contributed by atoms with E-state index in [9.17, 15) is 4.79 Å². The Morgan fingerprint density at radius 1 is 0.839 bits per heavy atom. The smallest absolute Gasteiger partial charge is 0.295 e. The summed E-state index contributed by atoms with van der Waals surface area (Å²) in [4.78, 5) is 17.5. The molecule has 6 heteroatoms. The molecule has 1 amide bonds. The zero-order chi connectivity index (χ0) is 22.1. The van der Waals surface area contributed by atoms with E-state index in [0.717, 1.165) is 22.4 Å². The van der Waals surface area contributed by atoms with Crippen molar-refractivity contribution in [3.63, 3.8) is 0 Å². The third-order valence-electron chi connectivity index (χ3n) is 5.41. The number of amides is 1. The summed E-state index contributed by atoms with van der Waals surface area (Å²) in [5.74, 6) is 0.313. The van der Waals surface area contributed by atoms with Crippen LogP contribution >= 0.6 is 11.6 Å². The van der Waals surface area contributed by atoms with Crippen LogP contribution in [-0.4, -0.2) is 20.7 Å². The number of aryl methyl sites for hydroxylation is 4. The normalized spacial score (nSPS) is 10.9. The number of anilines is 1. The summed E-state index contributed by atoms with van der Waals surface area (Å²) in [6.07, 6.45) is 0. The molecule has 0 aliphatic carbocycles. The van der Waals surface area contributed by atoms with Crippen molar-refractivity contribution in [1.29, 1.82) is 0 Å². The molecule has 0 saturated heterocycles. The maximum Gasteiger partial charge on any atom is 0.295 e. The number of rotatable bonds is 4. The molecule has 0 spiro atoms. The number of nitrogens with one attached hydrogen (secondary N) is 1. The lowest BCUT2D eigenvalue weighted by molar-refractivity contribution is 0.101. The molecule has 1 aromatic heterocycles. The summed E-state index contributed by atoms with van der Waals surface area (Å²) in [5, 5.41) is 8.08. The number of hydrogen-bond donors (Lipinski definition) is 1. The van der Waals surface area contributed by atoms with Crippen molar-refractivity contribution >= 4 is 23.2 Å². The average molecular weight is 431 g/mol. The van der Waals surface area contributed by atoms with Crippen LogP contribution in [0, 0.1) is 27.7 Å². The Labute approximate surface area is 186 Å². The molecular weight excluding hydrogens is 408 g/mol. The van der Waals surface area contributed by atoms with E-state index < -0.39 is 0 Å². The molecule has 0 saturated carbocycles. The van der Waals surface area contributed by atoms with Gasteiger partial charge in [0.25, 0.3) is 5.91 Å². The monoisotopic (exact) mass is 430 g/mol. The molecule has 0 aliphatic rings. The quantitative estimate of drug-likeness (QED) is 0.427. The molecule has 156 valence electrons. The SMILES string of the molecule is Cc1ccc(NC(=O)c2nc(-c3ccc(Cl)cc3)n(-c3ccc(C)c(C)c3)n2)cc1C. The molecular formula is C25H23ClN4O. The van der Waals surface area contributed by atoms with Crippen LogP contribution in [0.25, 0.3) is 17.1 Å². The van der Waals surface area contributed by atoms with Gasteiger partial charge in [-0.05, 0) is 98.5 Å². The van der Waals surface area contributed by atoms with Crippen LogP contribution in [0.4, 0.5) is 5.69 Å². The fraction of sp³-hybridized carbons (Fsp3) is 0.160. The first-order chi connectivity index (χ1) is 14.8. The Balaban J connectivity index is 1.76. The van der Waals surface area contributed by atoms with Crippen molar-refractivity contribution in [3.8, 4) is 17.1 Å². The van der Waals surface area contributed by atoms with Gasteiger partial charge >= 0.3 is 0 Å². The van der Waals surface area contributed by atoms with Crippen molar-refractivity contribution in [2.24, 2.45) is 0 Å². The highest BCUT2D eigenvalue weighted by atomic mass is 35.5. The molecule has 0 atom stereocenters. The van der Waals surface area contributed by atoms with Crippen molar-refractivity contribution in [3.05, 3.63) is 93.8 Å². The molecule has 31 heavy (non-hydrogen) atoms. The summed E-state index contributed by atoms with van der Waals surface area (Å²) >= 11 is 6.06. The van der Waals surface area contributed by atoms with Crippen LogP contribution in [0.5, 0.6) is 0 Å². The number of carbonyl (C=O) groups is 1. The van der Waals surface area contributed by atoms with Gasteiger partial charge in [0.2, 0.25) is 5.82 Å². The topological polar surface area (TPSA) is 59.8 Å². The summed E-state index contributed by atoms with van der Waals surface area (Å²) in [6.45, 7) is 8.15. The molecule has 0 unspecified atom stereocenters. The van der Waals surface area contributed by atoms with E-state index in [1.54, 1.807) is 16.8 Å². The van der Waals surface area contributed by atoms with E-state index in [1.165, 1.54) is 11.1 Å². The van der Waals surface area contributed by atoms with E-state index in [4.69, 9.17) is 11.6 Å². The van der Waals surface area contributed by atoms with Crippen molar-refractivity contribution in [2.75, 3.05) is 5.32 Å². The maximum absolute atomic E-state index is 12.9. The van der Waals surface area contributed by atoms with Crippen LogP contribution in [-0.2, 0) is 0 Å². The first-order valence-corrected chi connectivity index (χ1v) is 10.4. The van der Waals surface area contributed by atoms with Crippen LogP contribution in [0.1, 0.15) is 32.9 Å². The summed E-state index contributed by atoms with van der Waals surface area (Å²) in [5.41, 5.74) is 6.96. The third kappa shape index (κ3) is 4.37. The van der Waals surface area contributed by atoms with Gasteiger partial charge in [0.15, 0.2) is 5.82 Å². The van der Waals surface area contributed by atoms with Crippen LogP contribution in [0.15, 0.2) is 60.7 Å². The lowest BCUT2D eigenvalue weighted by atomic mass is 10.1. The second-order valence-electron chi connectivity index (χ2n) is 7.70. The standard InChI is InChI=1S/C25H23ClN4O/c1-15-5-11-21(13-17(15)3)27-25(31)23-28-24(19-7-9-20(26)10-8-19)30(29-23)22-12-6-16(2)18(4)14-22/h5-14H,1-4H3,(H,27,31). The lowest BCUT2D eigenvalue weighted by Crippen LogP contribution is -2.14. The third-order valence-corrected chi connectivity index (χ3v) is 5.66. The van der Waals surface area contributed by atoms with Gasteiger partial charge in [-0.3, -0.25) is 4.79 Å². The Hall–Kier alpha value is -3.44. The predicted octanol–water partition coefficient (Wildman–Crippen LogP) is 6.07. The predicted molar refractivity (Wildman–Crippen MR) is 125 cm³/mol. The zero-order valence-corrected chi connectivity index (χ0v) is 18.7. The largest absolute Gasteiger partial charge is 0.319 e. The fourth-order valence-corrected chi connectivity index (χ4v) is 3.36. The van der Waals surface area contributed by atoms with Gasteiger partial charge in [-0.1, -0.05) is 23.7 Å². The van der Waals surface area contributed by atoms with Crippen LogP contribution < -0.4 is 5.32 Å². The van der Waals surface area contributed by atoms with Crippen LogP contribution in [0.2, 0.25) is 5.02 Å². The maximum atomic E-state index is 12.9. The first-order valence-electron chi connectivity index (χ1n) is 10.0. The molecule has 3 aromatic carbocycles. The molecule has 0 fully saturated rings. The van der Waals surface area contributed by atoms with Gasteiger partial charge in [-0.15, -0.1) is 5.10 Å². The molecule has 0 aliphatic heterocycles. The fourth-order valence-electron chi connectivity index (χ4n) is 3.24. The van der Waals surface area contributed by atoms with Gasteiger partial charge in [-0.2, -0.15) is 0 Å². The highest BCUT2D eigenvalue weighted by Crippen LogP contribution is 2.25. The summed E-state index contributed by atoms with van der Waals surface area (Å²) < 4.78 is 1.70. The van der Waals surface area contributed by atoms with Gasteiger partial charge in [0.05, 0.1) is 5.69 Å². The van der Waals surface area contributed by atoms with E-state index in [-0.39, 0.29) is 11.7 Å². The molecule has 5 nitrogen and oxygen atoms in total. The number of aromatic nitrogens is 3. The molecule has 0 radical (unpaired) electrons. The van der Waals surface area contributed by atoms with Gasteiger partial charge in [0.1, 0.15) is 0 Å². The van der Waals surface area contributed by atoms with Crippen molar-refractivity contribution in [1.82, 2.24) is 14.8 Å². The van der Waals surface area contributed by atoms with E-state index >= 15 is 0 Å². The van der Waals surface area contributed by atoms with E-state index in [2.05, 4.69) is 22.3 Å². The minimum atomic E-state index is -0.360. The second-order valence-corrected chi connectivity index (χ2v) is 8.14. The average Bonchev–Trinajstić information content (AvgIpc) is 3.19. The molecule has 4 aromatic rings. The first kappa shape index (κ1) is 20.8. The number of carbonyl (C=O) groups excluding carboxylic acids is 1. The molecule has 0 bridgehead atoms. The summed E-state index contributed by atoms with van der Waals surface area (Å²) in [7, 11) is 0. The molecule has 4 rings (SSSR count). The lowest BCUT2D eigenvalue weighted by Gasteiger charge is -2.08. The minimum Gasteiger partial charge on any atom is -0.319 e. The van der Waals surface area contributed by atoms with Crippen LogP contribution in [0.3, 0.4) is 0 Å². The Bertz CT molecular complexity index is 1280. The van der Waals surface area contributed by atoms with Gasteiger partial charge in [0, 0.05) is 16.3 Å². The Kier molecular flexibility index (Phi) is 5.61.